The normalized spacial score (nSPS) is 18.3. The van der Waals surface area contributed by atoms with Gasteiger partial charge in [-0.1, -0.05) is 212 Å². The molecule has 0 bridgehead atoms. The summed E-state index contributed by atoms with van der Waals surface area (Å²) in [5.41, 5.74) is 0.761. The zero-order chi connectivity index (χ0) is 70.8. The number of ether oxygens (including phenoxy) is 10. The largest absolute Gasteiger partial charge is 0.459 e. The number of amides is 1. The van der Waals surface area contributed by atoms with Crippen LogP contribution in [0.2, 0.25) is 0 Å². The van der Waals surface area contributed by atoms with E-state index >= 15 is 0 Å². The van der Waals surface area contributed by atoms with Gasteiger partial charge >= 0.3 is 23.9 Å². The summed E-state index contributed by atoms with van der Waals surface area (Å²) < 4.78 is 62.0. The van der Waals surface area contributed by atoms with Crippen LogP contribution in [0.3, 0.4) is 0 Å². The van der Waals surface area contributed by atoms with E-state index in [1.165, 1.54) is 116 Å². The molecule has 2 fully saturated rings. The second-order valence-electron chi connectivity index (χ2n) is 26.0. The number of carbonyl (C=O) groups excluding carboxylic acids is 5. The van der Waals surface area contributed by atoms with E-state index in [9.17, 15) is 24.0 Å². The predicted molar refractivity (Wildman–Crippen MR) is 392 cm³/mol. The van der Waals surface area contributed by atoms with Crippen LogP contribution in [-0.2, 0) is 52.2 Å². The van der Waals surface area contributed by atoms with Crippen LogP contribution in [0.15, 0.2) is 170 Å². The molecule has 100 heavy (non-hydrogen) atoms. The highest BCUT2D eigenvalue weighted by atomic mass is 16.8. The average molecular weight is 1380 g/mol. The van der Waals surface area contributed by atoms with Crippen LogP contribution in [0.1, 0.15) is 222 Å². The molecule has 548 valence electrons. The van der Waals surface area contributed by atoms with Gasteiger partial charge in [-0.05, 0) is 133 Å². The standard InChI is InChI=1S/C83H116N2O15/c1-4-6-8-10-12-14-16-18-20-22-24-26-28-30-32-46-56-83(57-47-33-31-29-27-25-23-21-19-17-15-13-11-9-7-5-2)95-66-72(100-83)64-85(3)65-74(86)84-58-59-91-60-61-92-62-63-93-82-77(99-81(90)71-54-44-37-45-55-71)76(98-80(89)70-52-42-36-43-53-70)75(97-79(88)69-50-40-35-41-51-69)73(96-82)67-94-78(87)68-48-38-34-39-49-68/h12-15,18-21,34-45,48-55,72-73,75-77,82H,4-11,16-17,22-33,46-47,56-67H2,1-3H3,(H,84,86)/b14-12-,15-13-,20-18-,21-19-/t72-,73?,75+,76?,77?,82+/m0/s1. The molecule has 3 unspecified atom stereocenters. The Hall–Kier alpha value is -7.09. The van der Waals surface area contributed by atoms with Gasteiger partial charge in [0.15, 0.2) is 30.4 Å². The van der Waals surface area contributed by atoms with Crippen molar-refractivity contribution in [3.05, 3.63) is 192 Å². The van der Waals surface area contributed by atoms with Crippen LogP contribution in [0.5, 0.6) is 0 Å². The molecule has 4 aromatic rings. The van der Waals surface area contributed by atoms with Crippen molar-refractivity contribution >= 4 is 29.8 Å². The van der Waals surface area contributed by atoms with Gasteiger partial charge in [0.25, 0.3) is 0 Å². The lowest BCUT2D eigenvalue weighted by Crippen LogP contribution is -2.63. The van der Waals surface area contributed by atoms with E-state index < -0.39 is 67.0 Å². The minimum Gasteiger partial charge on any atom is -0.459 e. The Bertz CT molecular complexity index is 2910. The minimum absolute atomic E-state index is 0.0180. The van der Waals surface area contributed by atoms with E-state index in [-0.39, 0.29) is 73.8 Å². The number of hydrogen-bond donors (Lipinski definition) is 1. The van der Waals surface area contributed by atoms with E-state index in [0.29, 0.717) is 19.7 Å². The van der Waals surface area contributed by atoms with Crippen LogP contribution >= 0.6 is 0 Å². The van der Waals surface area contributed by atoms with Crippen molar-refractivity contribution in [3.63, 3.8) is 0 Å². The summed E-state index contributed by atoms with van der Waals surface area (Å²) in [6.07, 6.45) is 41.7. The smallest absolute Gasteiger partial charge is 0.338 e. The summed E-state index contributed by atoms with van der Waals surface area (Å²) in [6, 6.07) is 32.8. The molecule has 2 saturated heterocycles. The van der Waals surface area contributed by atoms with E-state index in [2.05, 4.69) is 67.8 Å². The number of rotatable bonds is 53. The third-order valence-electron chi connectivity index (χ3n) is 17.5. The molecule has 17 nitrogen and oxygen atoms in total. The number of esters is 4. The third-order valence-corrected chi connectivity index (χ3v) is 17.5. The summed E-state index contributed by atoms with van der Waals surface area (Å²) in [5.74, 6) is -3.84. The first-order valence-corrected chi connectivity index (χ1v) is 37.4. The zero-order valence-corrected chi connectivity index (χ0v) is 60.2. The van der Waals surface area contributed by atoms with Gasteiger partial charge in [-0.2, -0.15) is 0 Å². The summed E-state index contributed by atoms with van der Waals surface area (Å²) in [4.78, 5) is 70.4. The zero-order valence-electron chi connectivity index (χ0n) is 60.2. The first-order valence-electron chi connectivity index (χ1n) is 37.4. The van der Waals surface area contributed by atoms with Gasteiger partial charge in [-0.25, -0.2) is 19.2 Å². The van der Waals surface area contributed by atoms with Gasteiger partial charge in [0.05, 0.1) is 74.5 Å². The Morgan fingerprint density at radius 1 is 0.480 bits per heavy atom. The van der Waals surface area contributed by atoms with Crippen molar-refractivity contribution in [3.8, 4) is 0 Å². The Balaban J connectivity index is 0.938. The van der Waals surface area contributed by atoms with Crippen molar-refractivity contribution in [2.45, 2.75) is 223 Å². The Labute approximate surface area is 597 Å². The fraction of sp³-hybridized carbons (Fsp3) is 0.554. The van der Waals surface area contributed by atoms with Crippen molar-refractivity contribution in [1.82, 2.24) is 10.2 Å². The second kappa shape index (κ2) is 51.1. The predicted octanol–water partition coefficient (Wildman–Crippen LogP) is 16.9. The monoisotopic (exact) mass is 1380 g/mol. The molecule has 6 atom stereocenters. The Kier molecular flexibility index (Phi) is 41.8. The van der Waals surface area contributed by atoms with Gasteiger partial charge < -0.3 is 52.7 Å². The average Bonchev–Trinajstić information content (AvgIpc) is 0.990. The number of benzene rings is 4. The van der Waals surface area contributed by atoms with Gasteiger partial charge in [-0.15, -0.1) is 0 Å². The fourth-order valence-corrected chi connectivity index (χ4v) is 12.0. The number of nitrogens with one attached hydrogen (secondary N) is 1. The van der Waals surface area contributed by atoms with E-state index in [1.54, 1.807) is 121 Å². The molecule has 0 radical (unpaired) electrons. The maximum absolute atomic E-state index is 14.0. The van der Waals surface area contributed by atoms with Crippen LogP contribution in [0, 0.1) is 0 Å². The van der Waals surface area contributed by atoms with E-state index in [1.807, 2.05) is 11.9 Å². The summed E-state index contributed by atoms with van der Waals surface area (Å²) in [7, 11) is 1.94. The SMILES string of the molecule is CCCCC/C=C\C/C=C\CCCCCCCCC1(CCCCCCCC/C=C\C/C=C\CCCCC)OC[C@H](CN(C)CC(=O)NCCOCCOCCO[C@@H]2OC(COC(=O)c3ccccc3)[C@@H](OC(=O)c3ccccc3)C(OC(=O)c3ccccc3)C2OC(=O)c2ccccc2)O1. The van der Waals surface area contributed by atoms with Crippen LogP contribution < -0.4 is 5.32 Å². The number of allylic oxidation sites excluding steroid dienone is 8. The first-order chi connectivity index (χ1) is 49.1. The highest BCUT2D eigenvalue weighted by Crippen LogP contribution is 2.36. The molecule has 6 rings (SSSR count). The highest BCUT2D eigenvalue weighted by Gasteiger charge is 2.54. The number of hydrogen-bond acceptors (Lipinski definition) is 16. The molecule has 1 amide bonds. The molecule has 1 N–H and O–H groups in total. The topological polar surface area (TPSA) is 193 Å². The van der Waals surface area contributed by atoms with Crippen molar-refractivity contribution in [2.24, 2.45) is 0 Å². The van der Waals surface area contributed by atoms with Crippen molar-refractivity contribution in [1.29, 1.82) is 0 Å². The maximum Gasteiger partial charge on any atom is 0.338 e. The lowest BCUT2D eigenvalue weighted by molar-refractivity contribution is -0.300. The number of unbranched alkanes of at least 4 members (excludes halogenated alkanes) is 18. The molecular formula is C83H116N2O15. The lowest BCUT2D eigenvalue weighted by Gasteiger charge is -2.44. The number of carbonyl (C=O) groups is 5. The summed E-state index contributed by atoms with van der Waals surface area (Å²) >= 11 is 0. The van der Waals surface area contributed by atoms with Gasteiger partial charge in [0, 0.05) is 25.9 Å². The minimum atomic E-state index is -1.57. The maximum atomic E-state index is 14.0. The Morgan fingerprint density at radius 3 is 1.37 bits per heavy atom. The Morgan fingerprint density at radius 2 is 0.890 bits per heavy atom. The molecule has 0 aromatic heterocycles. The molecule has 0 aliphatic carbocycles. The summed E-state index contributed by atoms with van der Waals surface area (Å²) in [6.45, 7) is 6.10. The number of likely N-dealkylation sites (N-methyl/N-ethyl adjacent to an activating group) is 1. The van der Waals surface area contributed by atoms with Gasteiger partial charge in [-0.3, -0.25) is 9.69 Å². The molecule has 4 aromatic carbocycles. The van der Waals surface area contributed by atoms with Crippen LogP contribution in [0.25, 0.3) is 0 Å². The first kappa shape index (κ1) is 81.9. The molecule has 0 saturated carbocycles. The molecule has 2 heterocycles. The highest BCUT2D eigenvalue weighted by molar-refractivity contribution is 5.91. The molecular weight excluding hydrogens is 1260 g/mol. The second-order valence-corrected chi connectivity index (χ2v) is 26.0. The van der Waals surface area contributed by atoms with E-state index in [4.69, 9.17) is 47.4 Å². The van der Waals surface area contributed by atoms with E-state index in [0.717, 1.165) is 51.4 Å². The summed E-state index contributed by atoms with van der Waals surface area (Å²) in [5, 5.41) is 2.96. The lowest BCUT2D eigenvalue weighted by atomic mass is 9.97. The van der Waals surface area contributed by atoms with Crippen LogP contribution in [0.4, 0.5) is 0 Å². The molecule has 0 spiro atoms. The van der Waals surface area contributed by atoms with Crippen molar-refractivity contribution < 1.29 is 71.3 Å². The molecule has 2 aliphatic heterocycles. The van der Waals surface area contributed by atoms with Gasteiger partial charge in [0.1, 0.15) is 12.7 Å². The van der Waals surface area contributed by atoms with Gasteiger partial charge in [0.2, 0.25) is 5.91 Å². The molecule has 17 heteroatoms. The van der Waals surface area contributed by atoms with Crippen LogP contribution in [-0.4, -0.2) is 150 Å². The van der Waals surface area contributed by atoms with Crippen molar-refractivity contribution in [2.75, 3.05) is 72.9 Å². The quantitative estimate of drug-likeness (QED) is 0.0190. The fourth-order valence-electron chi connectivity index (χ4n) is 12.0. The molecule has 2 aliphatic rings. The number of nitrogens with zero attached hydrogens (tertiary/aromatic N) is 1. The third kappa shape index (κ3) is 33.6.